The van der Waals surface area contributed by atoms with Gasteiger partial charge < -0.3 is 4.74 Å². The van der Waals surface area contributed by atoms with Gasteiger partial charge in [-0.15, -0.1) is 6.42 Å². The zero-order valence-corrected chi connectivity index (χ0v) is 20.1. The van der Waals surface area contributed by atoms with E-state index in [9.17, 15) is 9.59 Å². The van der Waals surface area contributed by atoms with Crippen molar-refractivity contribution in [2.24, 2.45) is 0 Å². The Morgan fingerprint density at radius 3 is 2.43 bits per heavy atom. The highest BCUT2D eigenvalue weighted by Crippen LogP contribution is 2.34. The Hall–Kier alpha value is -1.22. The van der Waals surface area contributed by atoms with Crippen LogP contribution in [0.3, 0.4) is 0 Å². The zero-order valence-electron chi connectivity index (χ0n) is 14.2. The van der Waals surface area contributed by atoms with Crippen LogP contribution in [0, 0.1) is 19.5 Å². The smallest absolute Gasteiger partial charge is 0.294 e. The lowest BCUT2D eigenvalue weighted by molar-refractivity contribution is -0.122. The van der Waals surface area contributed by atoms with Crippen LogP contribution in [0.25, 0.3) is 6.08 Å². The number of rotatable bonds is 5. The van der Waals surface area contributed by atoms with Crippen LogP contribution >= 0.6 is 68.5 Å². The van der Waals surface area contributed by atoms with Gasteiger partial charge in [0.25, 0.3) is 11.1 Å². The van der Waals surface area contributed by atoms with E-state index >= 15 is 0 Å². The Morgan fingerprint density at radius 2 is 1.82 bits per heavy atom. The van der Waals surface area contributed by atoms with Crippen molar-refractivity contribution in [2.75, 3.05) is 6.54 Å². The first-order valence-corrected chi connectivity index (χ1v) is 11.3. The summed E-state index contributed by atoms with van der Waals surface area (Å²) in [5, 5.41) is 0.338. The maximum atomic E-state index is 12.3. The molecule has 0 aliphatic carbocycles. The van der Waals surface area contributed by atoms with Gasteiger partial charge in [-0.05, 0) is 98.4 Å². The van der Waals surface area contributed by atoms with Crippen LogP contribution in [0.15, 0.2) is 41.3 Å². The van der Waals surface area contributed by atoms with Gasteiger partial charge in [0.2, 0.25) is 0 Å². The molecule has 2 aromatic carbocycles. The normalized spacial score (nSPS) is 15.2. The molecule has 0 spiro atoms. The fourth-order valence-corrected chi connectivity index (χ4v) is 5.51. The van der Waals surface area contributed by atoms with Crippen molar-refractivity contribution in [1.29, 1.82) is 0 Å². The summed E-state index contributed by atoms with van der Waals surface area (Å²) in [4.78, 5) is 25.6. The molecule has 0 radical (unpaired) electrons. The largest absolute Gasteiger partial charge is 0.487 e. The number of thioether (sulfide) groups is 1. The van der Waals surface area contributed by atoms with E-state index in [1.807, 2.05) is 36.4 Å². The van der Waals surface area contributed by atoms with Gasteiger partial charge in [0.05, 0.1) is 18.6 Å². The Bertz CT molecular complexity index is 992. The van der Waals surface area contributed by atoms with Crippen molar-refractivity contribution in [1.82, 2.24) is 4.90 Å². The van der Waals surface area contributed by atoms with Crippen molar-refractivity contribution in [3.63, 3.8) is 0 Å². The lowest BCUT2D eigenvalue weighted by Gasteiger charge is -2.12. The Labute approximate surface area is 199 Å². The standard InChI is InChI=1S/C20H12ClI2NO3S/c1-2-7-24-19(25)17(28-20(24)26)10-13-8-15(22)18(16(23)9-13)27-11-12-3-5-14(21)6-4-12/h1,3-6,8-10H,7,11H2/b17-10+. The third-order valence-electron chi connectivity index (χ3n) is 3.74. The van der Waals surface area contributed by atoms with Crippen LogP contribution in [0.2, 0.25) is 5.02 Å². The van der Waals surface area contributed by atoms with Crippen LogP contribution < -0.4 is 4.74 Å². The quantitative estimate of drug-likeness (QED) is 0.237. The first kappa shape index (κ1) is 21.5. The molecular formula is C20H12ClI2NO3S. The first-order valence-electron chi connectivity index (χ1n) is 7.94. The molecule has 28 heavy (non-hydrogen) atoms. The third kappa shape index (κ3) is 5.03. The van der Waals surface area contributed by atoms with Gasteiger partial charge in [0.1, 0.15) is 12.4 Å². The van der Waals surface area contributed by atoms with E-state index in [2.05, 4.69) is 51.1 Å². The van der Waals surface area contributed by atoms with Crippen LogP contribution in [0.4, 0.5) is 4.79 Å². The molecule has 1 fully saturated rings. The van der Waals surface area contributed by atoms with Crippen LogP contribution in [0.1, 0.15) is 11.1 Å². The van der Waals surface area contributed by atoms with Gasteiger partial charge in [0.15, 0.2) is 0 Å². The highest BCUT2D eigenvalue weighted by molar-refractivity contribution is 14.1. The molecular weight excluding hydrogens is 624 g/mol. The number of carbonyl (C=O) groups is 2. The summed E-state index contributed by atoms with van der Waals surface area (Å²) in [7, 11) is 0. The number of hydrogen-bond donors (Lipinski definition) is 0. The second-order valence-electron chi connectivity index (χ2n) is 5.70. The second-order valence-corrected chi connectivity index (χ2v) is 9.45. The fraction of sp³-hybridized carbons (Fsp3) is 0.100. The van der Waals surface area contributed by atoms with Gasteiger partial charge >= 0.3 is 0 Å². The lowest BCUT2D eigenvalue weighted by atomic mass is 10.2. The molecule has 3 rings (SSSR count). The minimum absolute atomic E-state index is 0.0193. The van der Waals surface area contributed by atoms with E-state index in [1.165, 1.54) is 0 Å². The number of nitrogens with zero attached hydrogens (tertiary/aromatic N) is 1. The third-order valence-corrected chi connectivity index (χ3v) is 6.50. The molecule has 2 amide bonds. The summed E-state index contributed by atoms with van der Waals surface area (Å²) >= 11 is 11.2. The van der Waals surface area contributed by atoms with Gasteiger partial charge in [-0.25, -0.2) is 0 Å². The molecule has 0 aromatic heterocycles. The van der Waals surface area contributed by atoms with Crippen molar-refractivity contribution in [3.05, 3.63) is 64.6 Å². The monoisotopic (exact) mass is 635 g/mol. The topological polar surface area (TPSA) is 46.6 Å². The number of hydrogen-bond acceptors (Lipinski definition) is 4. The summed E-state index contributed by atoms with van der Waals surface area (Å²) in [6.45, 7) is 0.405. The number of imide groups is 1. The predicted molar refractivity (Wildman–Crippen MR) is 129 cm³/mol. The highest BCUT2D eigenvalue weighted by Gasteiger charge is 2.34. The molecule has 1 aliphatic rings. The molecule has 2 aromatic rings. The van der Waals surface area contributed by atoms with E-state index in [-0.39, 0.29) is 17.7 Å². The van der Waals surface area contributed by atoms with Gasteiger partial charge in [-0.1, -0.05) is 29.7 Å². The zero-order chi connectivity index (χ0) is 20.3. The Balaban J connectivity index is 1.78. The average Bonchev–Trinajstić information content (AvgIpc) is 2.90. The summed E-state index contributed by atoms with van der Waals surface area (Å²) in [6, 6.07) is 11.3. The average molecular weight is 636 g/mol. The second kappa shape index (κ2) is 9.52. The first-order chi connectivity index (χ1) is 13.4. The van der Waals surface area contributed by atoms with Crippen molar-refractivity contribution in [2.45, 2.75) is 6.61 Å². The minimum Gasteiger partial charge on any atom is -0.487 e. The molecule has 0 bridgehead atoms. The number of amides is 2. The molecule has 1 heterocycles. The number of ether oxygens (including phenoxy) is 1. The van der Waals surface area contributed by atoms with Crippen LogP contribution in [0.5, 0.6) is 5.75 Å². The van der Waals surface area contributed by atoms with Crippen LogP contribution in [-0.4, -0.2) is 22.6 Å². The summed E-state index contributed by atoms with van der Waals surface area (Å²) in [5.41, 5.74) is 1.83. The molecule has 0 saturated carbocycles. The molecule has 0 N–H and O–H groups in total. The molecule has 1 aliphatic heterocycles. The number of terminal acetylenes is 1. The minimum atomic E-state index is -0.360. The van der Waals surface area contributed by atoms with E-state index in [0.717, 1.165) is 40.7 Å². The van der Waals surface area contributed by atoms with Gasteiger partial charge in [-0.2, -0.15) is 0 Å². The number of benzene rings is 2. The van der Waals surface area contributed by atoms with E-state index < -0.39 is 0 Å². The Kier molecular flexibility index (Phi) is 7.31. The molecule has 8 heteroatoms. The maximum absolute atomic E-state index is 12.3. The van der Waals surface area contributed by atoms with E-state index in [0.29, 0.717) is 16.5 Å². The highest BCUT2D eigenvalue weighted by atomic mass is 127. The molecule has 142 valence electrons. The van der Waals surface area contributed by atoms with Gasteiger partial charge in [-0.3, -0.25) is 14.5 Å². The summed E-state index contributed by atoms with van der Waals surface area (Å²) in [6.07, 6.45) is 6.92. The van der Waals surface area contributed by atoms with E-state index in [4.69, 9.17) is 22.8 Å². The molecule has 0 atom stereocenters. The number of carbonyl (C=O) groups excluding carboxylic acids is 2. The van der Waals surface area contributed by atoms with Crippen LogP contribution in [-0.2, 0) is 11.4 Å². The predicted octanol–water partition coefficient (Wildman–Crippen LogP) is 5.80. The maximum Gasteiger partial charge on any atom is 0.294 e. The molecule has 1 saturated heterocycles. The fourth-order valence-electron chi connectivity index (χ4n) is 2.42. The van der Waals surface area contributed by atoms with Crippen molar-refractivity contribution >= 4 is 85.8 Å². The van der Waals surface area contributed by atoms with Crippen molar-refractivity contribution in [3.8, 4) is 18.1 Å². The SMILES string of the molecule is C#CCN1C(=O)S/C(=C/c2cc(I)c(OCc3ccc(Cl)cc3)c(I)c2)C1=O. The number of halogens is 3. The lowest BCUT2D eigenvalue weighted by Crippen LogP contribution is -2.28. The van der Waals surface area contributed by atoms with E-state index in [1.54, 1.807) is 6.08 Å². The molecule has 4 nitrogen and oxygen atoms in total. The molecule has 0 unspecified atom stereocenters. The van der Waals surface area contributed by atoms with Gasteiger partial charge in [0, 0.05) is 5.02 Å². The summed E-state index contributed by atoms with van der Waals surface area (Å²) < 4.78 is 7.79. The van der Waals surface area contributed by atoms with Crippen molar-refractivity contribution < 1.29 is 14.3 Å². The summed E-state index contributed by atoms with van der Waals surface area (Å²) in [5.74, 6) is 2.74. The Morgan fingerprint density at radius 1 is 1.18 bits per heavy atom.